The Labute approximate surface area is 101 Å². The van der Waals surface area contributed by atoms with E-state index in [0.717, 1.165) is 15.4 Å². The summed E-state index contributed by atoms with van der Waals surface area (Å²) in [6, 6.07) is 5.25. The predicted molar refractivity (Wildman–Crippen MR) is 66.7 cm³/mol. The van der Waals surface area contributed by atoms with Crippen molar-refractivity contribution < 1.29 is 4.92 Å². The van der Waals surface area contributed by atoms with Crippen LogP contribution in [-0.4, -0.2) is 9.49 Å². The summed E-state index contributed by atoms with van der Waals surface area (Å²) in [5.74, 6) is 0. The van der Waals surface area contributed by atoms with Crippen LogP contribution >= 0.6 is 15.9 Å². The van der Waals surface area contributed by atoms with Crippen molar-refractivity contribution in [3.05, 3.63) is 39.0 Å². The summed E-state index contributed by atoms with van der Waals surface area (Å²) in [7, 11) is 0. The van der Waals surface area contributed by atoms with Gasteiger partial charge in [-0.3, -0.25) is 10.1 Å². The first kappa shape index (κ1) is 11.1. The highest BCUT2D eigenvalue weighted by atomic mass is 79.9. The van der Waals surface area contributed by atoms with Gasteiger partial charge in [-0.1, -0.05) is 0 Å². The topological polar surface area (TPSA) is 48.1 Å². The number of hydrogen-bond donors (Lipinski definition) is 0. The average molecular weight is 283 g/mol. The van der Waals surface area contributed by atoms with Crippen LogP contribution in [0.5, 0.6) is 0 Å². The third kappa shape index (κ3) is 1.71. The second kappa shape index (κ2) is 3.90. The van der Waals surface area contributed by atoms with Crippen LogP contribution in [0.4, 0.5) is 5.69 Å². The zero-order chi connectivity index (χ0) is 11.9. The summed E-state index contributed by atoms with van der Waals surface area (Å²) < 4.78 is 2.98. The molecule has 2 aromatic rings. The van der Waals surface area contributed by atoms with Gasteiger partial charge in [-0.15, -0.1) is 0 Å². The van der Waals surface area contributed by atoms with Crippen molar-refractivity contribution >= 4 is 32.5 Å². The number of halogens is 1. The van der Waals surface area contributed by atoms with E-state index in [4.69, 9.17) is 0 Å². The molecule has 0 aliphatic heterocycles. The van der Waals surface area contributed by atoms with Crippen molar-refractivity contribution in [1.82, 2.24) is 4.57 Å². The SMILES string of the molecule is CC(C)n1cc(Br)c2cc([N+](=O)[O-])ccc21. The Morgan fingerprint density at radius 3 is 2.69 bits per heavy atom. The Balaban J connectivity index is 2.71. The number of aromatic nitrogens is 1. The minimum Gasteiger partial charge on any atom is -0.344 e. The fourth-order valence-corrected chi connectivity index (χ4v) is 2.28. The molecule has 16 heavy (non-hydrogen) atoms. The van der Waals surface area contributed by atoms with Crippen molar-refractivity contribution in [1.29, 1.82) is 0 Å². The third-order valence-corrected chi connectivity index (χ3v) is 3.17. The molecule has 0 radical (unpaired) electrons. The summed E-state index contributed by atoms with van der Waals surface area (Å²) in [6.45, 7) is 4.15. The lowest BCUT2D eigenvalue weighted by Gasteiger charge is -2.08. The molecule has 0 fully saturated rings. The molecule has 1 heterocycles. The Morgan fingerprint density at radius 2 is 2.12 bits per heavy atom. The molecule has 0 N–H and O–H groups in total. The maximum atomic E-state index is 10.7. The normalized spacial score (nSPS) is 11.2. The number of fused-ring (bicyclic) bond motifs is 1. The number of nitro groups is 1. The summed E-state index contributed by atoms with van der Waals surface area (Å²) >= 11 is 3.43. The number of benzene rings is 1. The molecular weight excluding hydrogens is 272 g/mol. The second-order valence-electron chi connectivity index (χ2n) is 3.94. The molecule has 0 saturated heterocycles. The minimum atomic E-state index is -0.376. The van der Waals surface area contributed by atoms with Crippen molar-refractivity contribution in [2.24, 2.45) is 0 Å². The maximum absolute atomic E-state index is 10.7. The van der Waals surface area contributed by atoms with Crippen molar-refractivity contribution in [3.8, 4) is 0 Å². The summed E-state index contributed by atoms with van der Waals surface area (Å²) in [5, 5.41) is 11.6. The van der Waals surface area contributed by atoms with E-state index >= 15 is 0 Å². The highest BCUT2D eigenvalue weighted by Gasteiger charge is 2.13. The number of hydrogen-bond acceptors (Lipinski definition) is 2. The fraction of sp³-hybridized carbons (Fsp3) is 0.273. The van der Waals surface area contributed by atoms with Gasteiger partial charge < -0.3 is 4.57 Å². The first-order valence-corrected chi connectivity index (χ1v) is 5.74. The molecule has 84 valence electrons. The lowest BCUT2D eigenvalue weighted by atomic mass is 10.2. The van der Waals surface area contributed by atoms with Gasteiger partial charge in [0.15, 0.2) is 0 Å². The Kier molecular flexibility index (Phi) is 2.71. The van der Waals surface area contributed by atoms with E-state index in [9.17, 15) is 10.1 Å². The van der Waals surface area contributed by atoms with E-state index in [1.54, 1.807) is 12.1 Å². The molecule has 0 spiro atoms. The van der Waals surface area contributed by atoms with Crippen LogP contribution in [-0.2, 0) is 0 Å². The van der Waals surface area contributed by atoms with Crippen molar-refractivity contribution in [2.75, 3.05) is 0 Å². The Morgan fingerprint density at radius 1 is 1.44 bits per heavy atom. The number of nitrogens with zero attached hydrogens (tertiary/aromatic N) is 2. The molecule has 0 amide bonds. The van der Waals surface area contributed by atoms with E-state index in [0.29, 0.717) is 6.04 Å². The van der Waals surface area contributed by atoms with Crippen LogP contribution in [0.25, 0.3) is 10.9 Å². The van der Waals surface area contributed by atoms with Crippen LogP contribution in [0.1, 0.15) is 19.9 Å². The summed E-state index contributed by atoms with van der Waals surface area (Å²) in [4.78, 5) is 10.3. The van der Waals surface area contributed by atoms with Gasteiger partial charge in [-0.2, -0.15) is 0 Å². The van der Waals surface area contributed by atoms with Gasteiger partial charge in [0.1, 0.15) is 0 Å². The third-order valence-electron chi connectivity index (χ3n) is 2.54. The lowest BCUT2D eigenvalue weighted by Crippen LogP contribution is -1.97. The molecule has 0 atom stereocenters. The zero-order valence-corrected chi connectivity index (χ0v) is 10.6. The Bertz CT molecular complexity index is 560. The quantitative estimate of drug-likeness (QED) is 0.620. The predicted octanol–water partition coefficient (Wildman–Crippen LogP) is 3.89. The van der Waals surface area contributed by atoms with E-state index in [1.807, 2.05) is 6.20 Å². The molecule has 0 aliphatic carbocycles. The molecule has 0 aliphatic rings. The maximum Gasteiger partial charge on any atom is 0.270 e. The van der Waals surface area contributed by atoms with Gasteiger partial charge in [0, 0.05) is 39.7 Å². The van der Waals surface area contributed by atoms with Gasteiger partial charge in [-0.25, -0.2) is 0 Å². The van der Waals surface area contributed by atoms with Gasteiger partial charge in [0.25, 0.3) is 5.69 Å². The molecule has 4 nitrogen and oxygen atoms in total. The molecule has 0 bridgehead atoms. The molecular formula is C11H11BrN2O2. The van der Waals surface area contributed by atoms with Gasteiger partial charge >= 0.3 is 0 Å². The van der Waals surface area contributed by atoms with Crippen LogP contribution in [0, 0.1) is 10.1 Å². The monoisotopic (exact) mass is 282 g/mol. The van der Waals surface area contributed by atoms with E-state index in [2.05, 4.69) is 34.3 Å². The number of rotatable bonds is 2. The number of nitro benzene ring substituents is 1. The van der Waals surface area contributed by atoms with Crippen LogP contribution in [0.3, 0.4) is 0 Å². The standard InChI is InChI=1S/C11H11BrN2O2/c1-7(2)13-6-10(12)9-5-8(14(15)16)3-4-11(9)13/h3-7H,1-2H3. The lowest BCUT2D eigenvalue weighted by molar-refractivity contribution is -0.384. The highest BCUT2D eigenvalue weighted by Crippen LogP contribution is 2.31. The smallest absolute Gasteiger partial charge is 0.270 e. The minimum absolute atomic E-state index is 0.120. The first-order valence-electron chi connectivity index (χ1n) is 4.95. The molecule has 0 saturated carbocycles. The summed E-state index contributed by atoms with van der Waals surface area (Å²) in [6.07, 6.45) is 1.96. The van der Waals surface area contributed by atoms with Crippen LogP contribution < -0.4 is 0 Å². The largest absolute Gasteiger partial charge is 0.344 e. The average Bonchev–Trinajstić information content (AvgIpc) is 2.56. The molecule has 1 aromatic heterocycles. The second-order valence-corrected chi connectivity index (χ2v) is 4.79. The summed E-state index contributed by atoms with van der Waals surface area (Å²) in [5.41, 5.74) is 1.13. The van der Waals surface area contributed by atoms with E-state index < -0.39 is 0 Å². The van der Waals surface area contributed by atoms with Gasteiger partial charge in [0.2, 0.25) is 0 Å². The van der Waals surface area contributed by atoms with Gasteiger partial charge in [0.05, 0.1) is 4.92 Å². The zero-order valence-electron chi connectivity index (χ0n) is 8.98. The Hall–Kier alpha value is -1.36. The van der Waals surface area contributed by atoms with Crippen LogP contribution in [0.2, 0.25) is 0 Å². The van der Waals surface area contributed by atoms with Crippen LogP contribution in [0.15, 0.2) is 28.9 Å². The van der Waals surface area contributed by atoms with Gasteiger partial charge in [-0.05, 0) is 35.8 Å². The molecule has 5 heteroatoms. The molecule has 2 rings (SSSR count). The fourth-order valence-electron chi connectivity index (χ4n) is 1.74. The van der Waals surface area contributed by atoms with E-state index in [1.165, 1.54) is 6.07 Å². The highest BCUT2D eigenvalue weighted by molar-refractivity contribution is 9.10. The number of non-ortho nitro benzene ring substituents is 1. The van der Waals surface area contributed by atoms with Crippen molar-refractivity contribution in [3.63, 3.8) is 0 Å². The van der Waals surface area contributed by atoms with E-state index in [-0.39, 0.29) is 10.6 Å². The molecule has 0 unspecified atom stereocenters. The molecule has 1 aromatic carbocycles. The van der Waals surface area contributed by atoms with Crippen molar-refractivity contribution in [2.45, 2.75) is 19.9 Å². The first-order chi connectivity index (χ1) is 7.50.